The van der Waals surface area contributed by atoms with Crippen LogP contribution in [0.3, 0.4) is 0 Å². The van der Waals surface area contributed by atoms with Crippen molar-refractivity contribution in [2.75, 3.05) is 20.8 Å². The monoisotopic (exact) mass is 554 g/mol. The fraction of sp³-hybridized carbons (Fsp3) is 0.606. The zero-order valence-corrected chi connectivity index (χ0v) is 26.4. The van der Waals surface area contributed by atoms with Gasteiger partial charge in [-0.25, -0.2) is 4.89 Å². The molecule has 222 valence electrons. The van der Waals surface area contributed by atoms with Crippen LogP contribution in [0.4, 0.5) is 0 Å². The maximum Gasteiger partial charge on any atom is 0.254 e. The van der Waals surface area contributed by atoms with Gasteiger partial charge in [-0.2, -0.15) is 0 Å². The summed E-state index contributed by atoms with van der Waals surface area (Å²) in [7, 11) is 3.40. The summed E-state index contributed by atoms with van der Waals surface area (Å²) in [5.74, 6) is 1.36. The van der Waals surface area contributed by atoms with Crippen molar-refractivity contribution >= 4 is 12.1 Å². The summed E-state index contributed by atoms with van der Waals surface area (Å²) in [5, 5.41) is 7.90. The lowest BCUT2D eigenvalue weighted by Crippen LogP contribution is -2.50. The van der Waals surface area contributed by atoms with E-state index in [2.05, 4.69) is 62.1 Å². The highest BCUT2D eigenvalue weighted by atomic mass is 17.1. The van der Waals surface area contributed by atoms with Crippen molar-refractivity contribution in [3.05, 3.63) is 59.0 Å². The van der Waals surface area contributed by atoms with Crippen LogP contribution in [-0.4, -0.2) is 60.3 Å². The summed E-state index contributed by atoms with van der Waals surface area (Å²) in [6.07, 6.45) is 9.09. The Bertz CT molecular complexity index is 1130. The minimum Gasteiger partial charge on any atom is -0.496 e. The van der Waals surface area contributed by atoms with Gasteiger partial charge >= 0.3 is 0 Å². The predicted octanol–water partition coefficient (Wildman–Crippen LogP) is 7.23. The van der Waals surface area contributed by atoms with E-state index in [0.717, 1.165) is 29.7 Å². The number of likely N-dealkylation sites (tertiary alicyclic amines) is 1. The molecule has 1 saturated heterocycles. The first-order valence-corrected chi connectivity index (χ1v) is 14.1. The molecule has 1 N–H and O–H groups in total. The van der Waals surface area contributed by atoms with Gasteiger partial charge in [-0.1, -0.05) is 40.7 Å². The first-order chi connectivity index (χ1) is 18.6. The van der Waals surface area contributed by atoms with Crippen molar-refractivity contribution in [2.24, 2.45) is 16.8 Å². The van der Waals surface area contributed by atoms with Gasteiger partial charge in [-0.05, 0) is 81.7 Å². The zero-order valence-electron chi connectivity index (χ0n) is 26.4. The Labute approximate surface area is 241 Å². The Balaban J connectivity index is 0.000000840. The molecule has 0 unspecified atom stereocenters. The molecule has 3 atom stereocenters. The Morgan fingerprint density at radius 2 is 1.85 bits per heavy atom. The molecule has 1 aromatic rings. The minimum absolute atomic E-state index is 0.0111. The number of carbonyl (C=O) groups is 1. The molecule has 40 heavy (non-hydrogen) atoms. The van der Waals surface area contributed by atoms with E-state index in [9.17, 15) is 4.79 Å². The SMILES string of the molecule is CC(C)(C)OO.COC[C@@H]1C[C@](C)(CC(C)C)N(C(=O)c2ccc(C(C)(C)C)c(OC)c2)[C@H]1C1=CN=CC=C=C1. The molecule has 2 aliphatic rings. The van der Waals surface area contributed by atoms with E-state index < -0.39 is 5.60 Å². The third kappa shape index (κ3) is 8.65. The van der Waals surface area contributed by atoms with E-state index in [4.69, 9.17) is 14.7 Å². The number of rotatable bonds is 7. The van der Waals surface area contributed by atoms with Gasteiger partial charge in [0.25, 0.3) is 5.91 Å². The normalized spacial score (nSPS) is 22.6. The molecular formula is C33H50N2O5. The Morgan fingerprint density at radius 3 is 2.38 bits per heavy atom. The van der Waals surface area contributed by atoms with Crippen LogP contribution in [-0.2, 0) is 15.0 Å². The number of hydrogen-bond donors (Lipinski definition) is 1. The number of amides is 1. The highest BCUT2D eigenvalue weighted by molar-refractivity contribution is 5.96. The van der Waals surface area contributed by atoms with Crippen LogP contribution < -0.4 is 4.74 Å². The maximum absolute atomic E-state index is 14.3. The van der Waals surface area contributed by atoms with Gasteiger partial charge in [0.1, 0.15) is 5.75 Å². The van der Waals surface area contributed by atoms with Crippen molar-refractivity contribution < 1.29 is 24.4 Å². The quantitative estimate of drug-likeness (QED) is 0.218. The van der Waals surface area contributed by atoms with E-state index in [1.807, 2.05) is 30.5 Å². The number of hydrogen-bond acceptors (Lipinski definition) is 6. The molecule has 7 heteroatoms. The molecule has 3 rings (SSSR count). The largest absolute Gasteiger partial charge is 0.496 e. The van der Waals surface area contributed by atoms with E-state index in [0.29, 0.717) is 18.1 Å². The number of nitrogens with zero attached hydrogens (tertiary/aromatic N) is 2. The van der Waals surface area contributed by atoms with Crippen molar-refractivity contribution in [3.8, 4) is 5.75 Å². The number of carbonyl (C=O) groups excluding carboxylic acids is 1. The third-order valence-electron chi connectivity index (χ3n) is 7.06. The molecule has 1 aromatic carbocycles. The van der Waals surface area contributed by atoms with Gasteiger partial charge in [0.2, 0.25) is 0 Å². The number of benzene rings is 1. The van der Waals surface area contributed by atoms with E-state index in [1.165, 1.54) is 0 Å². The predicted molar refractivity (Wildman–Crippen MR) is 162 cm³/mol. The minimum atomic E-state index is -0.403. The summed E-state index contributed by atoms with van der Waals surface area (Å²) in [6.45, 7) is 19.0. The molecule has 0 aromatic heterocycles. The van der Waals surface area contributed by atoms with Gasteiger partial charge in [-0.15, -0.1) is 5.73 Å². The molecule has 0 radical (unpaired) electrons. The van der Waals surface area contributed by atoms with E-state index in [-0.39, 0.29) is 28.8 Å². The fourth-order valence-corrected chi connectivity index (χ4v) is 5.68. The maximum atomic E-state index is 14.3. The average Bonchev–Trinajstić information content (AvgIpc) is 3.00. The fourth-order valence-electron chi connectivity index (χ4n) is 5.68. The van der Waals surface area contributed by atoms with Gasteiger partial charge in [0, 0.05) is 42.1 Å². The van der Waals surface area contributed by atoms with Gasteiger partial charge in [0.05, 0.1) is 25.4 Å². The van der Waals surface area contributed by atoms with Crippen LogP contribution in [0.25, 0.3) is 0 Å². The van der Waals surface area contributed by atoms with Gasteiger partial charge in [0.15, 0.2) is 0 Å². The first kappa shape index (κ1) is 33.5. The second-order valence-electron chi connectivity index (χ2n) is 13.4. The lowest BCUT2D eigenvalue weighted by Gasteiger charge is -2.40. The molecule has 0 bridgehead atoms. The molecule has 1 amide bonds. The molecule has 7 nitrogen and oxygen atoms in total. The summed E-state index contributed by atoms with van der Waals surface area (Å²) in [4.78, 5) is 24.7. The highest BCUT2D eigenvalue weighted by Crippen LogP contribution is 2.46. The molecule has 0 spiro atoms. The molecule has 0 aliphatic carbocycles. The van der Waals surface area contributed by atoms with Crippen LogP contribution in [0.5, 0.6) is 5.75 Å². The number of methoxy groups -OCH3 is 2. The van der Waals surface area contributed by atoms with Crippen LogP contribution in [0.2, 0.25) is 0 Å². The highest BCUT2D eigenvalue weighted by Gasteiger charge is 2.52. The lowest BCUT2D eigenvalue weighted by molar-refractivity contribution is -0.306. The first-order valence-electron chi connectivity index (χ1n) is 14.1. The summed E-state index contributed by atoms with van der Waals surface area (Å²) in [6, 6.07) is 5.72. The van der Waals surface area contributed by atoms with Crippen LogP contribution in [0.15, 0.2) is 52.8 Å². The van der Waals surface area contributed by atoms with Crippen LogP contribution in [0.1, 0.15) is 91.1 Å². The molecule has 2 aliphatic heterocycles. The molecule has 0 saturated carbocycles. The molecule has 2 heterocycles. The number of aliphatic imine (C=N–C) groups is 1. The zero-order chi connectivity index (χ0) is 30.3. The average molecular weight is 555 g/mol. The summed E-state index contributed by atoms with van der Waals surface area (Å²) in [5.41, 5.74) is 5.08. The van der Waals surface area contributed by atoms with Crippen molar-refractivity contribution in [3.63, 3.8) is 0 Å². The molecular weight excluding hydrogens is 504 g/mol. The van der Waals surface area contributed by atoms with Gasteiger partial charge in [-0.3, -0.25) is 15.0 Å². The van der Waals surface area contributed by atoms with E-state index >= 15 is 0 Å². The number of ether oxygens (including phenoxy) is 2. The summed E-state index contributed by atoms with van der Waals surface area (Å²) < 4.78 is 11.4. The smallest absolute Gasteiger partial charge is 0.254 e. The van der Waals surface area contributed by atoms with Crippen LogP contribution >= 0.6 is 0 Å². The Kier molecular flexibility index (Phi) is 11.5. The topological polar surface area (TPSA) is 80.6 Å². The van der Waals surface area contributed by atoms with Crippen molar-refractivity contribution in [2.45, 2.75) is 97.8 Å². The standard InChI is InChI=1S/C29H40N2O3.C4H10O2/c1-20(2)16-29(6)17-23(19-33-7)26(22-11-9-10-14-30-18-22)31(29)27(32)21-12-13-24(28(3,4)5)25(15-21)34-8;1-4(2,3)6-5/h10-15,18,20,23,26H,16-17,19H2,1-8H3;5H,1-3H3/t23-,26-,29-;/m0./s1. The second-order valence-corrected chi connectivity index (χ2v) is 13.4. The lowest BCUT2D eigenvalue weighted by atomic mass is 9.84. The Morgan fingerprint density at radius 1 is 1.20 bits per heavy atom. The van der Waals surface area contributed by atoms with Crippen LogP contribution in [0, 0.1) is 11.8 Å². The van der Waals surface area contributed by atoms with Crippen molar-refractivity contribution in [1.29, 1.82) is 0 Å². The van der Waals surface area contributed by atoms with Crippen molar-refractivity contribution in [1.82, 2.24) is 4.90 Å². The Hall–Kier alpha value is -2.70. The second kappa shape index (κ2) is 13.8. The van der Waals surface area contributed by atoms with E-state index in [1.54, 1.807) is 47.3 Å². The van der Waals surface area contributed by atoms with Gasteiger partial charge < -0.3 is 14.4 Å². The third-order valence-corrected chi connectivity index (χ3v) is 7.06. The molecule has 1 fully saturated rings. The summed E-state index contributed by atoms with van der Waals surface area (Å²) >= 11 is 0.